The summed E-state index contributed by atoms with van der Waals surface area (Å²) in [7, 11) is 0. The van der Waals surface area contributed by atoms with E-state index in [1.165, 1.54) is 50.5 Å². The minimum absolute atomic E-state index is 0.367. The number of benzene rings is 1. The first-order chi connectivity index (χ1) is 8.24. The van der Waals surface area contributed by atoms with Crippen molar-refractivity contribution in [3.8, 4) is 5.75 Å². The van der Waals surface area contributed by atoms with Crippen LogP contribution in [0.25, 0.3) is 0 Å². The molecule has 1 N–H and O–H groups in total. The molecule has 0 radical (unpaired) electrons. The lowest BCUT2D eigenvalue weighted by atomic mass is 10.0. The molecule has 96 valence electrons. The van der Waals surface area contributed by atoms with Crippen LogP contribution in [0, 0.1) is 0 Å². The Bertz CT molecular complexity index is 323. The van der Waals surface area contributed by atoms with Crippen molar-refractivity contribution in [2.24, 2.45) is 0 Å². The van der Waals surface area contributed by atoms with E-state index in [4.69, 9.17) is 0 Å². The second-order valence-electron chi connectivity index (χ2n) is 4.65. The van der Waals surface area contributed by atoms with Crippen LogP contribution in [-0.4, -0.2) is 5.11 Å². The first-order valence-electron chi connectivity index (χ1n) is 6.71. The molecule has 0 atom stereocenters. The number of phenolic OH excluding ortho intramolecular Hbond substituents is 1. The molecule has 0 amide bonds. The SMILES string of the molecule is CCCCCCCCCc1cc(O)ccc1Br. The Labute approximate surface area is 113 Å². The van der Waals surface area contributed by atoms with E-state index in [9.17, 15) is 5.11 Å². The summed E-state index contributed by atoms with van der Waals surface area (Å²) >= 11 is 3.52. The molecular weight excluding hydrogens is 276 g/mol. The maximum Gasteiger partial charge on any atom is 0.115 e. The average Bonchev–Trinajstić information content (AvgIpc) is 2.32. The molecule has 0 aliphatic rings. The van der Waals surface area contributed by atoms with Gasteiger partial charge in [-0.3, -0.25) is 0 Å². The molecule has 0 bridgehead atoms. The monoisotopic (exact) mass is 298 g/mol. The molecule has 0 unspecified atom stereocenters. The number of aryl methyl sites for hydroxylation is 1. The van der Waals surface area contributed by atoms with Gasteiger partial charge in [-0.2, -0.15) is 0 Å². The molecule has 0 aliphatic heterocycles. The van der Waals surface area contributed by atoms with E-state index in [0.717, 1.165) is 10.9 Å². The van der Waals surface area contributed by atoms with Crippen LogP contribution in [0.3, 0.4) is 0 Å². The van der Waals surface area contributed by atoms with Crippen LogP contribution in [0.2, 0.25) is 0 Å². The van der Waals surface area contributed by atoms with Gasteiger partial charge in [0.15, 0.2) is 0 Å². The predicted molar refractivity (Wildman–Crippen MR) is 77.5 cm³/mol. The van der Waals surface area contributed by atoms with Crippen LogP contribution in [0.1, 0.15) is 57.4 Å². The molecule has 17 heavy (non-hydrogen) atoms. The summed E-state index contributed by atoms with van der Waals surface area (Å²) in [5.41, 5.74) is 1.22. The Hall–Kier alpha value is -0.500. The summed E-state index contributed by atoms with van der Waals surface area (Å²) in [6, 6.07) is 5.51. The van der Waals surface area contributed by atoms with Gasteiger partial charge in [0.1, 0.15) is 5.75 Å². The Morgan fingerprint density at radius 2 is 1.65 bits per heavy atom. The molecule has 0 heterocycles. The first-order valence-corrected chi connectivity index (χ1v) is 7.50. The highest BCUT2D eigenvalue weighted by molar-refractivity contribution is 9.10. The molecule has 1 rings (SSSR count). The highest BCUT2D eigenvalue weighted by Gasteiger charge is 2.01. The van der Waals surface area contributed by atoms with Gasteiger partial charge in [0.25, 0.3) is 0 Å². The second-order valence-corrected chi connectivity index (χ2v) is 5.50. The van der Waals surface area contributed by atoms with Gasteiger partial charge in [-0.25, -0.2) is 0 Å². The fourth-order valence-corrected chi connectivity index (χ4v) is 2.47. The fourth-order valence-electron chi connectivity index (χ4n) is 2.03. The van der Waals surface area contributed by atoms with Gasteiger partial charge in [0.2, 0.25) is 0 Å². The highest BCUT2D eigenvalue weighted by Crippen LogP contribution is 2.23. The van der Waals surface area contributed by atoms with Crippen LogP contribution >= 0.6 is 15.9 Å². The van der Waals surface area contributed by atoms with Gasteiger partial charge in [0, 0.05) is 4.47 Å². The maximum absolute atomic E-state index is 9.42. The molecule has 1 aromatic carbocycles. The molecular formula is C15H23BrO. The van der Waals surface area contributed by atoms with Crippen LogP contribution in [-0.2, 0) is 6.42 Å². The van der Waals surface area contributed by atoms with Crippen molar-refractivity contribution in [1.82, 2.24) is 0 Å². The Morgan fingerprint density at radius 1 is 1.00 bits per heavy atom. The Balaban J connectivity index is 2.15. The lowest BCUT2D eigenvalue weighted by Crippen LogP contribution is -1.88. The van der Waals surface area contributed by atoms with Crippen LogP contribution in [0.15, 0.2) is 22.7 Å². The third-order valence-electron chi connectivity index (χ3n) is 3.08. The van der Waals surface area contributed by atoms with Crippen molar-refractivity contribution in [2.45, 2.75) is 58.3 Å². The zero-order valence-electron chi connectivity index (χ0n) is 10.7. The molecule has 0 saturated carbocycles. The third-order valence-corrected chi connectivity index (χ3v) is 3.85. The molecule has 0 saturated heterocycles. The molecule has 1 nitrogen and oxygen atoms in total. The molecule has 1 aromatic rings. The van der Waals surface area contributed by atoms with Crippen LogP contribution in [0.4, 0.5) is 0 Å². The van der Waals surface area contributed by atoms with Crippen molar-refractivity contribution in [1.29, 1.82) is 0 Å². The van der Waals surface area contributed by atoms with E-state index < -0.39 is 0 Å². The van der Waals surface area contributed by atoms with Crippen LogP contribution in [0.5, 0.6) is 5.75 Å². The fraction of sp³-hybridized carbons (Fsp3) is 0.600. The summed E-state index contributed by atoms with van der Waals surface area (Å²) in [5.74, 6) is 0.367. The summed E-state index contributed by atoms with van der Waals surface area (Å²) < 4.78 is 1.11. The van der Waals surface area contributed by atoms with E-state index in [1.54, 1.807) is 6.07 Å². The van der Waals surface area contributed by atoms with E-state index >= 15 is 0 Å². The Morgan fingerprint density at radius 3 is 2.35 bits per heavy atom. The van der Waals surface area contributed by atoms with E-state index in [-0.39, 0.29) is 0 Å². The number of unbranched alkanes of at least 4 members (excludes halogenated alkanes) is 6. The highest BCUT2D eigenvalue weighted by atomic mass is 79.9. The maximum atomic E-state index is 9.42. The minimum Gasteiger partial charge on any atom is -0.508 e. The molecule has 2 heteroatoms. The minimum atomic E-state index is 0.367. The predicted octanol–water partition coefficient (Wildman–Crippen LogP) is 5.45. The van der Waals surface area contributed by atoms with Crippen LogP contribution < -0.4 is 0 Å². The zero-order chi connectivity index (χ0) is 12.5. The summed E-state index contributed by atoms with van der Waals surface area (Å²) in [4.78, 5) is 0. The van der Waals surface area contributed by atoms with Gasteiger partial charge >= 0.3 is 0 Å². The molecule has 0 spiro atoms. The molecule has 0 aliphatic carbocycles. The quantitative estimate of drug-likeness (QED) is 0.633. The van der Waals surface area contributed by atoms with Gasteiger partial charge < -0.3 is 5.11 Å². The number of rotatable bonds is 8. The van der Waals surface area contributed by atoms with Gasteiger partial charge in [0.05, 0.1) is 0 Å². The summed E-state index contributed by atoms with van der Waals surface area (Å²) in [6.45, 7) is 2.25. The zero-order valence-corrected chi connectivity index (χ0v) is 12.3. The molecule has 0 aromatic heterocycles. The van der Waals surface area contributed by atoms with Crippen molar-refractivity contribution in [2.75, 3.05) is 0 Å². The number of halogens is 1. The average molecular weight is 299 g/mol. The van der Waals surface area contributed by atoms with Gasteiger partial charge in [-0.1, -0.05) is 61.4 Å². The first kappa shape index (κ1) is 14.6. The lowest BCUT2D eigenvalue weighted by Gasteiger charge is -2.05. The standard InChI is InChI=1S/C15H23BrO/c1-2-3-4-5-6-7-8-9-13-12-14(17)10-11-15(13)16/h10-12,17H,2-9H2,1H3. The van der Waals surface area contributed by atoms with Crippen molar-refractivity contribution in [3.05, 3.63) is 28.2 Å². The number of phenols is 1. The Kier molecular flexibility index (Phi) is 7.34. The smallest absolute Gasteiger partial charge is 0.115 e. The second kappa shape index (κ2) is 8.57. The van der Waals surface area contributed by atoms with E-state index in [2.05, 4.69) is 22.9 Å². The summed E-state index contributed by atoms with van der Waals surface area (Å²) in [5, 5.41) is 9.42. The normalized spacial score (nSPS) is 10.7. The van der Waals surface area contributed by atoms with Gasteiger partial charge in [-0.05, 0) is 36.6 Å². The lowest BCUT2D eigenvalue weighted by molar-refractivity contribution is 0.474. The van der Waals surface area contributed by atoms with Crippen molar-refractivity contribution in [3.63, 3.8) is 0 Å². The van der Waals surface area contributed by atoms with Crippen molar-refractivity contribution >= 4 is 15.9 Å². The number of hydrogen-bond donors (Lipinski definition) is 1. The van der Waals surface area contributed by atoms with Gasteiger partial charge in [-0.15, -0.1) is 0 Å². The van der Waals surface area contributed by atoms with E-state index in [0.29, 0.717) is 5.75 Å². The third kappa shape index (κ3) is 6.11. The number of aromatic hydroxyl groups is 1. The number of hydrogen-bond acceptors (Lipinski definition) is 1. The largest absolute Gasteiger partial charge is 0.508 e. The molecule has 0 fully saturated rings. The summed E-state index contributed by atoms with van der Waals surface area (Å²) in [6.07, 6.45) is 10.4. The van der Waals surface area contributed by atoms with E-state index in [1.807, 2.05) is 12.1 Å². The van der Waals surface area contributed by atoms with Crippen molar-refractivity contribution < 1.29 is 5.11 Å². The topological polar surface area (TPSA) is 20.2 Å².